The molecule has 86 heavy (non-hydrogen) atoms. The highest BCUT2D eigenvalue weighted by Gasteiger charge is 2.45. The second-order valence-corrected chi connectivity index (χ2v) is 27.3. The summed E-state index contributed by atoms with van der Waals surface area (Å²) < 4.78 is 0. The molecular formula is C63H113N11O11S. The summed E-state index contributed by atoms with van der Waals surface area (Å²) in [5.41, 5.74) is 0. The minimum Gasteiger partial charge on any atom is -0.390 e. The Labute approximate surface area is 521 Å². The number of rotatable bonds is 15. The van der Waals surface area contributed by atoms with Crippen molar-refractivity contribution in [1.82, 2.24) is 55.6 Å². The van der Waals surface area contributed by atoms with Gasteiger partial charge in [0.15, 0.2) is 0 Å². The lowest BCUT2D eigenvalue weighted by Gasteiger charge is -2.40. The highest BCUT2D eigenvalue weighted by molar-refractivity contribution is 7.80. The fraction of sp³-hybridized carbons (Fsp3) is 0.794. The van der Waals surface area contributed by atoms with E-state index in [1.807, 2.05) is 68.4 Å². The third-order valence-corrected chi connectivity index (χ3v) is 16.6. The van der Waals surface area contributed by atoms with Crippen LogP contribution in [0, 0.1) is 47.3 Å². The van der Waals surface area contributed by atoms with Gasteiger partial charge in [-0.15, -0.1) is 0 Å². The monoisotopic (exact) mass is 1230 g/mol. The summed E-state index contributed by atoms with van der Waals surface area (Å²) >= 11 is 5.96. The Morgan fingerprint density at radius 2 is 0.907 bits per heavy atom. The molecular weight excluding hydrogens is 1120 g/mol. The number of nitrogens with one attached hydrogen (secondary N) is 4. The van der Waals surface area contributed by atoms with Gasteiger partial charge in [0.25, 0.3) is 0 Å². The molecule has 0 unspecified atom stereocenters. The first kappa shape index (κ1) is 78.3. The molecule has 0 bridgehead atoms. The van der Waals surface area contributed by atoms with Gasteiger partial charge < -0.3 is 60.7 Å². The third-order valence-electron chi connectivity index (χ3n) is 16.2. The number of carbonyl (C=O) groups excluding carboxylic acids is 10. The molecule has 0 aromatic rings. The first-order valence-corrected chi connectivity index (χ1v) is 31.3. The maximum atomic E-state index is 15.1. The van der Waals surface area contributed by atoms with Crippen LogP contribution in [0.4, 0.5) is 0 Å². The predicted octanol–water partition coefficient (Wildman–Crippen LogP) is 4.32. The van der Waals surface area contributed by atoms with Crippen LogP contribution in [0.1, 0.15) is 157 Å². The Kier molecular flexibility index (Phi) is 32.2. The van der Waals surface area contributed by atoms with Crippen molar-refractivity contribution in [1.29, 1.82) is 0 Å². The summed E-state index contributed by atoms with van der Waals surface area (Å²) in [4.78, 5) is 156. The van der Waals surface area contributed by atoms with E-state index < -0.39 is 156 Å². The number of hydrogen-bond acceptors (Lipinski definition) is 12. The summed E-state index contributed by atoms with van der Waals surface area (Å²) in [6.45, 7) is 31.7. The zero-order chi connectivity index (χ0) is 66.8. The van der Waals surface area contributed by atoms with Crippen LogP contribution in [0.3, 0.4) is 0 Å². The van der Waals surface area contributed by atoms with Crippen LogP contribution in [0.2, 0.25) is 0 Å². The van der Waals surface area contributed by atoms with Crippen molar-refractivity contribution in [3.05, 3.63) is 12.2 Å². The molecule has 22 nitrogen and oxygen atoms in total. The standard InChI is InChI=1S/C63H113N11O11S/c1-26-27-28-41(16)53(76)52-56(79)67-49(38(10)11)61(83)68(19)33-48(75)69(20)47(32-37(8)9)60(82)73(24)50(39(12)13)62(84)71(22)46(31-36(6)7)57(86)65-42(17)54(77)64-43(18)58(80)70(21)45(30-35(4)5)55(78)66-44(29-34(2)3)59(81)72(23)51(40(14)15)63(85)74(52)25/h26-27,34-47,49-53,76H,28-33H2,1-25H3,(H,64,77)(H,65,86)(H,66,78)(H,67,79)/b27-26+/t41-,42+,43-,44+,45+,46+,47+,49+,50+,51+,52+,53-/m1/s1. The molecule has 23 heteroatoms. The smallest absolute Gasteiger partial charge is 0.246 e. The molecule has 0 radical (unpaired) electrons. The zero-order valence-electron chi connectivity index (χ0n) is 56.9. The number of thiocarbonyl (C=S) groups is 1. The highest BCUT2D eigenvalue weighted by atomic mass is 32.1. The van der Waals surface area contributed by atoms with Crippen LogP contribution in [0.5, 0.6) is 0 Å². The van der Waals surface area contributed by atoms with Crippen molar-refractivity contribution in [3.63, 3.8) is 0 Å². The summed E-state index contributed by atoms with van der Waals surface area (Å²) in [6, 6.07) is -11.5. The zero-order valence-corrected chi connectivity index (χ0v) is 57.8. The fourth-order valence-electron chi connectivity index (χ4n) is 11.0. The van der Waals surface area contributed by atoms with Gasteiger partial charge in [0, 0.05) is 49.3 Å². The first-order valence-electron chi connectivity index (χ1n) is 30.9. The number of carbonyl (C=O) groups is 10. The SMILES string of the molecule is C/C=C/C[C@@H](C)[C@@H](O)[C@H]1C(=O)N[C@@H](C(C)C)C(=O)N(C)CC(=O)N(C)[C@@H](CC(C)C)C(=O)N(C)[C@@H](C(C)C)C(=O)N(C)[C@@H](CC(C)C)C(=S)N[C@@H](C)C(=O)N[C@H](C)C(=O)N(C)[C@@H](CC(C)C)C(=O)N[C@@H](CC(C)C)C(=O)N(C)[C@@H](C(C)C)C(=O)N1C. The van der Waals surface area contributed by atoms with Gasteiger partial charge in [-0.1, -0.05) is 128 Å². The summed E-state index contributed by atoms with van der Waals surface area (Å²) in [6.07, 6.45) is 3.30. The topological polar surface area (TPSA) is 262 Å². The van der Waals surface area contributed by atoms with Crippen molar-refractivity contribution >= 4 is 76.3 Å². The molecule has 0 aromatic carbocycles. The Balaban J connectivity index is 4.36. The van der Waals surface area contributed by atoms with Crippen molar-refractivity contribution in [2.45, 2.75) is 223 Å². The molecule has 0 aromatic heterocycles. The van der Waals surface area contributed by atoms with Crippen molar-refractivity contribution in [3.8, 4) is 0 Å². The number of aliphatic hydroxyl groups excluding tert-OH is 1. The maximum Gasteiger partial charge on any atom is 0.246 e. The van der Waals surface area contributed by atoms with Crippen molar-refractivity contribution in [2.24, 2.45) is 47.3 Å². The van der Waals surface area contributed by atoms with Gasteiger partial charge in [0.1, 0.15) is 54.4 Å². The molecule has 1 rings (SSSR count). The van der Waals surface area contributed by atoms with E-state index in [1.54, 1.807) is 68.5 Å². The summed E-state index contributed by atoms with van der Waals surface area (Å²) in [7, 11) is 10.2. The number of hydrogen-bond donors (Lipinski definition) is 5. The van der Waals surface area contributed by atoms with Crippen LogP contribution in [-0.4, -0.2) is 226 Å². The number of likely N-dealkylation sites (N-methyl/N-ethyl adjacent to an activating group) is 7. The van der Waals surface area contributed by atoms with E-state index in [1.165, 1.54) is 73.7 Å². The maximum absolute atomic E-state index is 15.1. The predicted molar refractivity (Wildman–Crippen MR) is 341 cm³/mol. The quantitative estimate of drug-likeness (QED) is 0.113. The molecule has 1 heterocycles. The van der Waals surface area contributed by atoms with E-state index in [-0.39, 0.29) is 47.9 Å². The van der Waals surface area contributed by atoms with Crippen LogP contribution in [0.15, 0.2) is 12.2 Å². The molecule has 1 fully saturated rings. The minimum absolute atomic E-state index is 0.00276. The van der Waals surface area contributed by atoms with Crippen LogP contribution < -0.4 is 21.3 Å². The molecule has 1 saturated heterocycles. The first-order chi connectivity index (χ1) is 39.6. The summed E-state index contributed by atoms with van der Waals surface area (Å²) in [5, 5.41) is 23.7. The van der Waals surface area contributed by atoms with Gasteiger partial charge in [-0.2, -0.15) is 0 Å². The average Bonchev–Trinajstić information content (AvgIpc) is 1.56. The molecule has 5 N–H and O–H groups in total. The second kappa shape index (κ2) is 35.3. The van der Waals surface area contributed by atoms with Crippen LogP contribution >= 0.6 is 12.2 Å². The highest BCUT2D eigenvalue weighted by Crippen LogP contribution is 2.25. The third kappa shape index (κ3) is 21.9. The lowest BCUT2D eigenvalue weighted by Crippen LogP contribution is -2.64. The normalized spacial score (nSPS) is 26.8. The molecule has 0 saturated carbocycles. The average molecular weight is 1230 g/mol. The molecule has 10 amide bonds. The Morgan fingerprint density at radius 1 is 0.465 bits per heavy atom. The van der Waals surface area contributed by atoms with Gasteiger partial charge in [0.2, 0.25) is 59.1 Å². The molecule has 1 aliphatic heterocycles. The largest absolute Gasteiger partial charge is 0.390 e. The summed E-state index contributed by atoms with van der Waals surface area (Å²) in [5.74, 6) is -8.89. The number of aliphatic hydroxyl groups is 1. The van der Waals surface area contributed by atoms with E-state index in [4.69, 9.17) is 12.2 Å². The second-order valence-electron chi connectivity index (χ2n) is 26.9. The van der Waals surface area contributed by atoms with E-state index in [9.17, 15) is 48.3 Å². The van der Waals surface area contributed by atoms with Crippen LogP contribution in [0.25, 0.3) is 0 Å². The van der Waals surface area contributed by atoms with E-state index in [0.29, 0.717) is 12.8 Å². The molecule has 492 valence electrons. The van der Waals surface area contributed by atoms with E-state index in [2.05, 4.69) is 21.3 Å². The lowest BCUT2D eigenvalue weighted by atomic mass is 9.91. The number of nitrogens with zero attached hydrogens (tertiary/aromatic N) is 7. The van der Waals surface area contributed by atoms with Gasteiger partial charge >= 0.3 is 0 Å². The molecule has 12 atom stereocenters. The Bertz CT molecular complexity index is 2360. The van der Waals surface area contributed by atoms with E-state index in [0.717, 1.165) is 9.80 Å². The van der Waals surface area contributed by atoms with Crippen molar-refractivity contribution in [2.75, 3.05) is 55.9 Å². The fourth-order valence-corrected chi connectivity index (χ4v) is 11.4. The van der Waals surface area contributed by atoms with Gasteiger partial charge in [0.05, 0.1) is 23.7 Å². The molecule has 1 aliphatic rings. The van der Waals surface area contributed by atoms with Crippen LogP contribution in [-0.2, 0) is 47.9 Å². The van der Waals surface area contributed by atoms with Gasteiger partial charge in [-0.3, -0.25) is 47.9 Å². The van der Waals surface area contributed by atoms with Crippen molar-refractivity contribution < 1.29 is 53.1 Å². The van der Waals surface area contributed by atoms with Gasteiger partial charge in [-0.25, -0.2) is 0 Å². The Hall–Kier alpha value is -5.71. The molecule has 0 spiro atoms. The molecule has 0 aliphatic carbocycles. The van der Waals surface area contributed by atoms with Gasteiger partial charge in [-0.05, 0) is 100 Å². The van der Waals surface area contributed by atoms with E-state index >= 15 is 4.79 Å². The Morgan fingerprint density at radius 3 is 1.37 bits per heavy atom. The number of amides is 10. The minimum atomic E-state index is -1.61. The lowest BCUT2D eigenvalue weighted by molar-refractivity contribution is -0.155. The number of allylic oxidation sites excluding steroid dienone is 2.